The third-order valence-corrected chi connectivity index (χ3v) is 2.40. The lowest BCUT2D eigenvalue weighted by Crippen LogP contribution is -3.06. The van der Waals surface area contributed by atoms with Gasteiger partial charge in [0.15, 0.2) is 0 Å². The molecule has 0 bridgehead atoms. The number of carbonyl (C=O) groups is 1. The first-order valence-corrected chi connectivity index (χ1v) is 5.71. The first-order chi connectivity index (χ1) is 9.31. The Morgan fingerprint density at radius 2 is 1.62 bits per heavy atom. The molecular formula is C11H14ClN3O6. The Balaban J connectivity index is 0.00000400. The topological polar surface area (TPSA) is 117 Å². The van der Waals surface area contributed by atoms with Crippen molar-refractivity contribution < 1.29 is 36.7 Å². The molecule has 21 heavy (non-hydrogen) atoms. The predicted octanol–water partition coefficient (Wildman–Crippen LogP) is -3.19. The van der Waals surface area contributed by atoms with Crippen LogP contribution in [0.5, 0.6) is 0 Å². The fourth-order valence-corrected chi connectivity index (χ4v) is 1.36. The van der Waals surface area contributed by atoms with E-state index in [1.807, 2.05) is 14.1 Å². The zero-order valence-electron chi connectivity index (χ0n) is 11.4. The van der Waals surface area contributed by atoms with E-state index in [0.29, 0.717) is 6.54 Å². The molecule has 9 nitrogen and oxygen atoms in total. The second-order valence-electron chi connectivity index (χ2n) is 4.35. The van der Waals surface area contributed by atoms with Crippen molar-refractivity contribution in [3.05, 3.63) is 44.0 Å². The zero-order valence-corrected chi connectivity index (χ0v) is 12.1. The van der Waals surface area contributed by atoms with Crippen LogP contribution in [0.4, 0.5) is 11.4 Å². The van der Waals surface area contributed by atoms with Crippen LogP contribution in [0.2, 0.25) is 0 Å². The quantitative estimate of drug-likeness (QED) is 0.335. The normalized spacial score (nSPS) is 9.86. The lowest BCUT2D eigenvalue weighted by Gasteiger charge is -2.08. The van der Waals surface area contributed by atoms with Gasteiger partial charge in [0, 0.05) is 12.1 Å². The maximum Gasteiger partial charge on any atom is 0.338 e. The highest BCUT2D eigenvalue weighted by molar-refractivity contribution is 5.91. The maximum absolute atomic E-state index is 11.7. The van der Waals surface area contributed by atoms with Crippen molar-refractivity contribution >= 4 is 17.3 Å². The first-order valence-electron chi connectivity index (χ1n) is 5.71. The van der Waals surface area contributed by atoms with Gasteiger partial charge in [-0.25, -0.2) is 4.79 Å². The second-order valence-corrected chi connectivity index (χ2v) is 4.35. The summed E-state index contributed by atoms with van der Waals surface area (Å²) >= 11 is 0. The number of carbonyl (C=O) groups excluding carboxylic acids is 1. The molecule has 0 aliphatic carbocycles. The molecule has 1 rings (SSSR count). The number of rotatable bonds is 6. The minimum atomic E-state index is -0.821. The summed E-state index contributed by atoms with van der Waals surface area (Å²) in [7, 11) is 3.73. The molecule has 0 aliphatic heterocycles. The van der Waals surface area contributed by atoms with Gasteiger partial charge in [0.1, 0.15) is 13.2 Å². The molecule has 0 saturated carbocycles. The van der Waals surface area contributed by atoms with Crippen molar-refractivity contribution in [3.8, 4) is 0 Å². The van der Waals surface area contributed by atoms with E-state index in [4.69, 9.17) is 4.74 Å². The number of esters is 1. The average molecular weight is 320 g/mol. The molecule has 0 radical (unpaired) electrons. The lowest BCUT2D eigenvalue weighted by atomic mass is 10.2. The largest absolute Gasteiger partial charge is 1.00 e. The molecule has 116 valence electrons. The highest BCUT2D eigenvalue weighted by Crippen LogP contribution is 2.23. The average Bonchev–Trinajstić information content (AvgIpc) is 2.37. The molecule has 1 aromatic carbocycles. The summed E-state index contributed by atoms with van der Waals surface area (Å²) in [5, 5.41) is 21.4. The van der Waals surface area contributed by atoms with Crippen LogP contribution in [-0.2, 0) is 4.74 Å². The van der Waals surface area contributed by atoms with Gasteiger partial charge in [-0.05, 0) is 0 Å². The van der Waals surface area contributed by atoms with E-state index in [0.717, 1.165) is 23.1 Å². The van der Waals surface area contributed by atoms with Crippen molar-refractivity contribution in [1.82, 2.24) is 0 Å². The summed E-state index contributed by atoms with van der Waals surface area (Å²) in [6.45, 7) is 0.681. The van der Waals surface area contributed by atoms with Crippen LogP contribution in [-0.4, -0.2) is 43.1 Å². The number of likely N-dealkylation sites (N-methyl/N-ethyl adjacent to an activating group) is 1. The van der Waals surface area contributed by atoms with Crippen LogP contribution >= 0.6 is 0 Å². The summed E-state index contributed by atoms with van der Waals surface area (Å²) in [5.41, 5.74) is -1.26. The number of non-ortho nitro benzene ring substituents is 2. The number of ether oxygens (including phenoxy) is 1. The number of nitrogens with zero attached hydrogens (tertiary/aromatic N) is 2. The van der Waals surface area contributed by atoms with E-state index < -0.39 is 27.2 Å². The van der Waals surface area contributed by atoms with E-state index in [1.54, 1.807) is 0 Å². The molecule has 0 aromatic heterocycles. The van der Waals surface area contributed by atoms with Crippen molar-refractivity contribution in [1.29, 1.82) is 0 Å². The molecule has 10 heteroatoms. The molecule has 0 aliphatic rings. The molecule has 0 unspecified atom stereocenters. The van der Waals surface area contributed by atoms with Crippen LogP contribution in [0.25, 0.3) is 0 Å². The van der Waals surface area contributed by atoms with Crippen molar-refractivity contribution in [2.24, 2.45) is 0 Å². The number of nitro benzene ring substituents is 2. The summed E-state index contributed by atoms with van der Waals surface area (Å²) in [6.07, 6.45) is 0. The smallest absolute Gasteiger partial charge is 0.338 e. The van der Waals surface area contributed by atoms with Gasteiger partial charge in [-0.3, -0.25) is 20.2 Å². The van der Waals surface area contributed by atoms with Crippen LogP contribution in [0, 0.1) is 20.2 Å². The lowest BCUT2D eigenvalue weighted by molar-refractivity contribution is -0.858. The molecular weight excluding hydrogens is 306 g/mol. The fourth-order valence-electron chi connectivity index (χ4n) is 1.36. The number of hydrogen-bond donors (Lipinski definition) is 1. The van der Waals surface area contributed by atoms with Crippen LogP contribution < -0.4 is 17.3 Å². The van der Waals surface area contributed by atoms with E-state index in [2.05, 4.69) is 0 Å². The molecule has 0 spiro atoms. The monoisotopic (exact) mass is 319 g/mol. The highest BCUT2D eigenvalue weighted by atomic mass is 35.5. The van der Waals surface area contributed by atoms with Gasteiger partial charge in [0.2, 0.25) is 0 Å². The van der Waals surface area contributed by atoms with Crippen molar-refractivity contribution in [3.63, 3.8) is 0 Å². The minimum Gasteiger partial charge on any atom is -1.00 e. The third-order valence-electron chi connectivity index (χ3n) is 2.40. The van der Waals surface area contributed by atoms with Gasteiger partial charge in [0.25, 0.3) is 11.4 Å². The number of hydrogen-bond acceptors (Lipinski definition) is 6. The first kappa shape index (κ1) is 18.7. The van der Waals surface area contributed by atoms with E-state index in [-0.39, 0.29) is 24.6 Å². The Bertz CT molecular complexity index is 517. The van der Waals surface area contributed by atoms with Crippen molar-refractivity contribution in [2.45, 2.75) is 0 Å². The molecule has 1 aromatic rings. The number of nitro groups is 2. The van der Waals surface area contributed by atoms with Gasteiger partial charge in [-0.15, -0.1) is 0 Å². The van der Waals surface area contributed by atoms with Gasteiger partial charge in [-0.2, -0.15) is 0 Å². The Morgan fingerprint density at radius 3 is 2.00 bits per heavy atom. The SMILES string of the molecule is C[NH+](C)CCOC(=O)c1cc([N+](=O)[O-])cc([N+](=O)[O-])c1.[Cl-]. The molecule has 0 saturated heterocycles. The maximum atomic E-state index is 11.7. The van der Waals surface area contributed by atoms with Gasteiger partial charge < -0.3 is 22.0 Å². The number of halogens is 1. The predicted molar refractivity (Wildman–Crippen MR) is 67.7 cm³/mol. The summed E-state index contributed by atoms with van der Waals surface area (Å²) in [4.78, 5) is 32.5. The van der Waals surface area contributed by atoms with Gasteiger partial charge >= 0.3 is 5.97 Å². The van der Waals surface area contributed by atoms with Crippen LogP contribution in [0.15, 0.2) is 18.2 Å². The van der Waals surface area contributed by atoms with Gasteiger partial charge in [0.05, 0.1) is 35.6 Å². The molecule has 1 N–H and O–H groups in total. The molecule has 0 atom stereocenters. The molecule has 0 heterocycles. The summed E-state index contributed by atoms with van der Waals surface area (Å²) in [5.74, 6) is -0.821. The Kier molecular flexibility index (Phi) is 7.25. The third kappa shape index (κ3) is 5.71. The zero-order chi connectivity index (χ0) is 15.3. The highest BCUT2D eigenvalue weighted by Gasteiger charge is 2.20. The van der Waals surface area contributed by atoms with Crippen molar-refractivity contribution in [2.75, 3.05) is 27.2 Å². The van der Waals surface area contributed by atoms with E-state index >= 15 is 0 Å². The van der Waals surface area contributed by atoms with E-state index in [9.17, 15) is 25.0 Å². The Labute approximate surface area is 126 Å². The Hall–Kier alpha value is -2.26. The summed E-state index contributed by atoms with van der Waals surface area (Å²) in [6, 6.07) is 2.70. The van der Waals surface area contributed by atoms with Crippen LogP contribution in [0.1, 0.15) is 10.4 Å². The fraction of sp³-hybridized carbons (Fsp3) is 0.364. The minimum absolute atomic E-state index is 0. The number of nitrogens with one attached hydrogen (secondary N) is 1. The molecule has 0 amide bonds. The summed E-state index contributed by atoms with van der Waals surface area (Å²) < 4.78 is 4.90. The number of benzene rings is 1. The number of quaternary nitrogens is 1. The Morgan fingerprint density at radius 1 is 1.14 bits per heavy atom. The van der Waals surface area contributed by atoms with Crippen LogP contribution in [0.3, 0.4) is 0 Å². The second kappa shape index (κ2) is 8.12. The van der Waals surface area contributed by atoms with E-state index in [1.165, 1.54) is 0 Å². The standard InChI is InChI=1S/C11H13N3O6.ClH/c1-12(2)3-4-20-11(15)8-5-9(13(16)17)7-10(6-8)14(18)19;/h5-7H,3-4H2,1-2H3;1H. The van der Waals surface area contributed by atoms with Gasteiger partial charge in [-0.1, -0.05) is 0 Å². The molecule has 0 fully saturated rings.